The molecule has 3 heterocycles. The SMILES string of the molecule is C=CCCC(=O)NC[C@@H](C)OC(=O)[C@H]1[C@@H]2O[C@@]3(CC2Br)[C@@H]1C(=O)N([C@@H](CO)Cc1ccccc1)[C@@H]3C(=O)N(CC=C)c1c(C)cccc1C. The molecule has 5 rings (SSSR count). The van der Waals surface area contributed by atoms with Crippen LogP contribution < -0.4 is 10.2 Å². The van der Waals surface area contributed by atoms with Crippen molar-refractivity contribution >= 4 is 45.3 Å². The third kappa shape index (κ3) is 6.98. The number of fused-ring (bicyclic) bond motifs is 1. The van der Waals surface area contributed by atoms with E-state index in [1.807, 2.05) is 62.4 Å². The number of carbonyl (C=O) groups excluding carboxylic acids is 4. The lowest BCUT2D eigenvalue weighted by molar-refractivity contribution is -0.159. The van der Waals surface area contributed by atoms with Gasteiger partial charge < -0.3 is 29.7 Å². The Hall–Kier alpha value is -3.80. The van der Waals surface area contributed by atoms with Crippen molar-refractivity contribution in [2.45, 2.75) is 81.2 Å². The molecule has 3 aliphatic rings. The zero-order chi connectivity index (χ0) is 35.5. The highest BCUT2D eigenvalue weighted by Gasteiger charge is 2.77. The minimum atomic E-state index is -1.36. The van der Waals surface area contributed by atoms with E-state index in [9.17, 15) is 19.5 Å². The van der Waals surface area contributed by atoms with Gasteiger partial charge in [0, 0.05) is 23.5 Å². The van der Waals surface area contributed by atoms with Gasteiger partial charge in [0.05, 0.1) is 37.1 Å². The van der Waals surface area contributed by atoms with Crippen molar-refractivity contribution in [2.24, 2.45) is 11.8 Å². The van der Waals surface area contributed by atoms with Crippen LogP contribution in [0.1, 0.15) is 42.9 Å². The number of alkyl halides is 1. The second-order valence-electron chi connectivity index (χ2n) is 13.3. The third-order valence-electron chi connectivity index (χ3n) is 9.92. The summed E-state index contributed by atoms with van der Waals surface area (Å²) in [6.45, 7) is 13.0. The number of carbonyl (C=O) groups is 4. The molecule has 8 atom stereocenters. The van der Waals surface area contributed by atoms with Gasteiger partial charge in [-0.15, -0.1) is 13.2 Å². The smallest absolute Gasteiger partial charge is 0.312 e. The number of hydrogen-bond acceptors (Lipinski definition) is 7. The Kier molecular flexibility index (Phi) is 11.5. The lowest BCUT2D eigenvalue weighted by atomic mass is 9.70. The summed E-state index contributed by atoms with van der Waals surface area (Å²) in [4.78, 5) is 58.8. The molecule has 3 amide bonds. The molecule has 0 radical (unpaired) electrons. The van der Waals surface area contributed by atoms with E-state index in [4.69, 9.17) is 9.47 Å². The van der Waals surface area contributed by atoms with Gasteiger partial charge in [0.2, 0.25) is 11.8 Å². The van der Waals surface area contributed by atoms with Gasteiger partial charge >= 0.3 is 5.97 Å². The molecule has 49 heavy (non-hydrogen) atoms. The topological polar surface area (TPSA) is 125 Å². The molecule has 3 aliphatic heterocycles. The number of rotatable bonds is 15. The lowest BCUT2D eigenvalue weighted by Gasteiger charge is -2.40. The number of aryl methyl sites for hydroxylation is 2. The minimum Gasteiger partial charge on any atom is -0.460 e. The number of ether oxygens (including phenoxy) is 2. The number of likely N-dealkylation sites (tertiary alicyclic amines) is 1. The molecule has 2 aromatic rings. The predicted octanol–water partition coefficient (Wildman–Crippen LogP) is 4.19. The van der Waals surface area contributed by atoms with Crippen molar-refractivity contribution in [2.75, 3.05) is 24.6 Å². The number of anilines is 1. The van der Waals surface area contributed by atoms with Crippen LogP contribution in [-0.4, -0.2) is 88.1 Å². The number of nitrogens with zero attached hydrogens (tertiary/aromatic N) is 2. The summed E-state index contributed by atoms with van der Waals surface area (Å²) in [6, 6.07) is 13.3. The summed E-state index contributed by atoms with van der Waals surface area (Å²) >= 11 is 3.72. The van der Waals surface area contributed by atoms with Crippen LogP contribution in [-0.2, 0) is 35.1 Å². The molecular weight excluding hydrogens is 690 g/mol. The highest BCUT2D eigenvalue weighted by Crippen LogP contribution is 2.61. The van der Waals surface area contributed by atoms with Gasteiger partial charge in [0.25, 0.3) is 5.91 Å². The number of allylic oxidation sites excluding steroid dienone is 1. The van der Waals surface area contributed by atoms with Crippen LogP contribution in [0.5, 0.6) is 0 Å². The van der Waals surface area contributed by atoms with Crippen molar-refractivity contribution < 1.29 is 33.8 Å². The third-order valence-corrected chi connectivity index (χ3v) is 10.8. The van der Waals surface area contributed by atoms with E-state index in [2.05, 4.69) is 34.4 Å². The van der Waals surface area contributed by atoms with E-state index in [0.29, 0.717) is 24.9 Å². The maximum atomic E-state index is 15.1. The van der Waals surface area contributed by atoms with Gasteiger partial charge in [0.1, 0.15) is 17.7 Å². The average molecular weight is 737 g/mol. The number of amides is 3. The Morgan fingerprint density at radius 3 is 2.47 bits per heavy atom. The molecule has 2 N–H and O–H groups in total. The number of esters is 1. The van der Waals surface area contributed by atoms with Gasteiger partial charge in [-0.05, 0) is 56.7 Å². The largest absolute Gasteiger partial charge is 0.460 e. The molecule has 1 spiro atoms. The number of nitrogens with one attached hydrogen (secondary N) is 1. The van der Waals surface area contributed by atoms with Crippen LogP contribution in [0.15, 0.2) is 73.8 Å². The molecule has 11 heteroatoms. The first-order valence-corrected chi connectivity index (χ1v) is 17.8. The van der Waals surface area contributed by atoms with Crippen molar-refractivity contribution in [3.63, 3.8) is 0 Å². The molecule has 2 aromatic carbocycles. The van der Waals surface area contributed by atoms with Gasteiger partial charge in [0.15, 0.2) is 0 Å². The minimum absolute atomic E-state index is 0.102. The highest BCUT2D eigenvalue weighted by atomic mass is 79.9. The van der Waals surface area contributed by atoms with Gasteiger partial charge in [-0.2, -0.15) is 0 Å². The number of para-hydroxylation sites is 1. The standard InChI is InChI=1S/C38H46BrN3O7/c1-6-8-17-29(44)40-21-25(5)48-37(47)30-31-35(45)42(27(22-43)19-26-15-10-9-11-16-26)34(38(31)20-28(39)33(30)49-38)36(46)41(18-7-2)32-23(3)13-12-14-24(32)4/h6-7,9-16,25,27-28,30-31,33-34,43H,1-2,8,17-22H2,3-5H3,(H,40,44)/t25-,27-,28?,30-,31+,33-,34-,38+/m1/s1. The van der Waals surface area contributed by atoms with Crippen molar-refractivity contribution in [3.8, 4) is 0 Å². The van der Waals surface area contributed by atoms with Crippen molar-refractivity contribution in [1.29, 1.82) is 0 Å². The summed E-state index contributed by atoms with van der Waals surface area (Å²) in [5.41, 5.74) is 2.00. The normalized spacial score (nSPS) is 26.5. The van der Waals surface area contributed by atoms with Crippen LogP contribution in [0, 0.1) is 25.7 Å². The van der Waals surface area contributed by atoms with Crippen molar-refractivity contribution in [1.82, 2.24) is 10.2 Å². The van der Waals surface area contributed by atoms with Gasteiger partial charge in [-0.25, -0.2) is 0 Å². The maximum Gasteiger partial charge on any atom is 0.312 e. The van der Waals surface area contributed by atoms with Crippen LogP contribution in [0.4, 0.5) is 5.69 Å². The van der Waals surface area contributed by atoms with Crippen LogP contribution in [0.3, 0.4) is 0 Å². The van der Waals surface area contributed by atoms with Gasteiger partial charge in [-0.3, -0.25) is 19.2 Å². The Morgan fingerprint density at radius 1 is 1.14 bits per heavy atom. The van der Waals surface area contributed by atoms with Crippen molar-refractivity contribution in [3.05, 3.63) is 90.5 Å². The number of hydrogen-bond donors (Lipinski definition) is 2. The monoisotopic (exact) mass is 735 g/mol. The average Bonchev–Trinajstić information content (AvgIpc) is 3.68. The Labute approximate surface area is 296 Å². The number of halogens is 1. The summed E-state index contributed by atoms with van der Waals surface area (Å²) in [5, 5.41) is 13.6. The molecule has 3 saturated heterocycles. The molecule has 0 aliphatic carbocycles. The summed E-state index contributed by atoms with van der Waals surface area (Å²) in [6.07, 6.45) is 3.31. The second kappa shape index (κ2) is 15.4. The van der Waals surface area contributed by atoms with E-state index in [0.717, 1.165) is 16.7 Å². The summed E-state index contributed by atoms with van der Waals surface area (Å²) in [7, 11) is 0. The number of benzene rings is 2. The summed E-state index contributed by atoms with van der Waals surface area (Å²) < 4.78 is 12.6. The van der Waals surface area contributed by atoms with E-state index in [-0.39, 0.29) is 36.2 Å². The Morgan fingerprint density at radius 2 is 1.84 bits per heavy atom. The van der Waals surface area contributed by atoms with E-state index >= 15 is 4.79 Å². The molecule has 2 bridgehead atoms. The first kappa shape index (κ1) is 36.5. The van der Waals surface area contributed by atoms with Crippen LogP contribution >= 0.6 is 15.9 Å². The number of aliphatic hydroxyl groups is 1. The number of aliphatic hydroxyl groups excluding tert-OH is 1. The maximum absolute atomic E-state index is 15.1. The lowest BCUT2D eigenvalue weighted by Crippen LogP contribution is -2.59. The Balaban J connectivity index is 1.53. The first-order chi connectivity index (χ1) is 23.5. The highest BCUT2D eigenvalue weighted by molar-refractivity contribution is 9.09. The molecular formula is C38H46BrN3O7. The first-order valence-electron chi connectivity index (χ1n) is 16.8. The Bertz CT molecular complexity index is 1560. The van der Waals surface area contributed by atoms with E-state index < -0.39 is 60.2 Å². The predicted molar refractivity (Wildman–Crippen MR) is 190 cm³/mol. The summed E-state index contributed by atoms with van der Waals surface area (Å²) in [5.74, 6) is -3.64. The fraction of sp³-hybridized carbons (Fsp3) is 0.474. The fourth-order valence-corrected chi connectivity index (χ4v) is 8.79. The molecule has 3 fully saturated rings. The quantitative estimate of drug-likeness (QED) is 0.160. The van der Waals surface area contributed by atoms with Crippen LogP contribution in [0.25, 0.3) is 0 Å². The van der Waals surface area contributed by atoms with Gasteiger partial charge in [-0.1, -0.05) is 76.6 Å². The van der Waals surface area contributed by atoms with E-state index in [1.165, 1.54) is 4.90 Å². The fourth-order valence-electron chi connectivity index (χ4n) is 7.84. The zero-order valence-corrected chi connectivity index (χ0v) is 29.9. The second-order valence-corrected chi connectivity index (χ2v) is 14.5. The molecule has 262 valence electrons. The molecule has 10 nitrogen and oxygen atoms in total. The zero-order valence-electron chi connectivity index (χ0n) is 28.3. The molecule has 0 aromatic heterocycles. The van der Waals surface area contributed by atoms with E-state index in [1.54, 1.807) is 24.0 Å². The molecule has 0 saturated carbocycles. The van der Waals surface area contributed by atoms with Crippen LogP contribution in [0.2, 0.25) is 0 Å². The molecule has 1 unspecified atom stereocenters.